The van der Waals surface area contributed by atoms with E-state index in [0.29, 0.717) is 22.8 Å². The molecule has 1 aromatic heterocycles. The lowest BCUT2D eigenvalue weighted by molar-refractivity contribution is 0.102. The maximum Gasteiger partial charge on any atom is 0.258 e. The molecule has 0 bridgehead atoms. The van der Waals surface area contributed by atoms with Crippen LogP contribution in [0.1, 0.15) is 34.0 Å². The summed E-state index contributed by atoms with van der Waals surface area (Å²) in [5.74, 6) is 0.101. The molecule has 0 aliphatic carbocycles. The van der Waals surface area contributed by atoms with Gasteiger partial charge in [-0.1, -0.05) is 31.2 Å². The van der Waals surface area contributed by atoms with Crippen LogP contribution in [0.2, 0.25) is 0 Å². The number of hydrogen-bond acceptors (Lipinski definition) is 5. The SMILES string of the molecule is CCc1cccc(C)c1NC(=O)c1cnc(Nc2cccc(C#N)c2)nc1. The number of hydrogen-bond donors (Lipinski definition) is 2. The van der Waals surface area contributed by atoms with Gasteiger partial charge in [-0.25, -0.2) is 9.97 Å². The predicted octanol–water partition coefficient (Wildman–Crippen LogP) is 4.22. The Morgan fingerprint density at radius 1 is 1.15 bits per heavy atom. The van der Waals surface area contributed by atoms with Crippen molar-refractivity contribution in [2.45, 2.75) is 20.3 Å². The van der Waals surface area contributed by atoms with E-state index in [0.717, 1.165) is 23.2 Å². The van der Waals surface area contributed by atoms with Gasteiger partial charge in [0.25, 0.3) is 5.91 Å². The van der Waals surface area contributed by atoms with Crippen molar-refractivity contribution in [1.29, 1.82) is 5.26 Å². The molecule has 0 aliphatic rings. The Bertz CT molecular complexity index is 1010. The highest BCUT2D eigenvalue weighted by Crippen LogP contribution is 2.22. The van der Waals surface area contributed by atoms with E-state index >= 15 is 0 Å². The largest absolute Gasteiger partial charge is 0.324 e. The first-order chi connectivity index (χ1) is 13.1. The minimum absolute atomic E-state index is 0.253. The first kappa shape index (κ1) is 18.1. The third-order valence-electron chi connectivity index (χ3n) is 4.14. The average molecular weight is 357 g/mol. The number of rotatable bonds is 5. The lowest BCUT2D eigenvalue weighted by Crippen LogP contribution is -2.15. The van der Waals surface area contributed by atoms with Crippen LogP contribution in [0.4, 0.5) is 17.3 Å². The number of aromatic nitrogens is 2. The van der Waals surface area contributed by atoms with Crippen molar-refractivity contribution >= 4 is 23.2 Å². The predicted molar refractivity (Wildman–Crippen MR) is 105 cm³/mol. The standard InChI is InChI=1S/C21H19N5O/c1-3-16-8-4-6-14(2)19(16)26-20(27)17-12-23-21(24-13-17)25-18-9-5-7-15(10-18)11-22/h4-10,12-13H,3H2,1-2H3,(H,26,27)(H,23,24,25). The topological polar surface area (TPSA) is 90.7 Å². The molecule has 6 heteroatoms. The Labute approximate surface area is 157 Å². The first-order valence-corrected chi connectivity index (χ1v) is 8.59. The molecule has 27 heavy (non-hydrogen) atoms. The molecule has 0 unspecified atom stereocenters. The van der Waals surface area contributed by atoms with Crippen molar-refractivity contribution < 1.29 is 4.79 Å². The van der Waals surface area contributed by atoms with Crippen molar-refractivity contribution in [3.8, 4) is 6.07 Å². The molecule has 0 saturated carbocycles. The minimum atomic E-state index is -0.253. The summed E-state index contributed by atoms with van der Waals surface area (Å²) in [5.41, 5.74) is 4.55. The molecule has 2 N–H and O–H groups in total. The molecule has 0 radical (unpaired) electrons. The van der Waals surface area contributed by atoms with E-state index in [9.17, 15) is 4.79 Å². The van der Waals surface area contributed by atoms with Crippen LogP contribution in [0.5, 0.6) is 0 Å². The molecule has 0 saturated heterocycles. The monoisotopic (exact) mass is 357 g/mol. The second-order valence-electron chi connectivity index (χ2n) is 6.03. The number of benzene rings is 2. The molecule has 0 aliphatic heterocycles. The third-order valence-corrected chi connectivity index (χ3v) is 4.14. The van der Waals surface area contributed by atoms with E-state index in [4.69, 9.17) is 5.26 Å². The van der Waals surface area contributed by atoms with Gasteiger partial charge in [0.1, 0.15) is 0 Å². The van der Waals surface area contributed by atoms with Crippen LogP contribution in [0.15, 0.2) is 54.9 Å². The van der Waals surface area contributed by atoms with Crippen molar-refractivity contribution in [2.75, 3.05) is 10.6 Å². The van der Waals surface area contributed by atoms with Gasteiger partial charge in [-0.05, 0) is 42.7 Å². The number of nitriles is 1. The van der Waals surface area contributed by atoms with Gasteiger partial charge in [0, 0.05) is 23.8 Å². The molecular weight excluding hydrogens is 338 g/mol. The minimum Gasteiger partial charge on any atom is -0.324 e. The maximum atomic E-state index is 12.5. The zero-order valence-electron chi connectivity index (χ0n) is 15.2. The zero-order chi connectivity index (χ0) is 19.2. The summed E-state index contributed by atoms with van der Waals surface area (Å²) in [6, 6.07) is 15.0. The van der Waals surface area contributed by atoms with Gasteiger partial charge in [-0.3, -0.25) is 4.79 Å². The van der Waals surface area contributed by atoms with Crippen LogP contribution >= 0.6 is 0 Å². The summed E-state index contributed by atoms with van der Waals surface area (Å²) >= 11 is 0. The summed E-state index contributed by atoms with van der Waals surface area (Å²) in [7, 11) is 0. The van der Waals surface area contributed by atoms with Crippen molar-refractivity contribution in [1.82, 2.24) is 9.97 Å². The van der Waals surface area contributed by atoms with E-state index in [1.54, 1.807) is 18.2 Å². The lowest BCUT2D eigenvalue weighted by atomic mass is 10.1. The van der Waals surface area contributed by atoms with Gasteiger partial charge >= 0.3 is 0 Å². The quantitative estimate of drug-likeness (QED) is 0.713. The summed E-state index contributed by atoms with van der Waals surface area (Å²) in [5, 5.41) is 14.9. The number of para-hydroxylation sites is 1. The molecule has 134 valence electrons. The van der Waals surface area contributed by atoms with Crippen LogP contribution in [0.25, 0.3) is 0 Å². The van der Waals surface area contributed by atoms with Gasteiger partial charge in [-0.2, -0.15) is 5.26 Å². The highest BCUT2D eigenvalue weighted by Gasteiger charge is 2.12. The zero-order valence-corrected chi connectivity index (χ0v) is 15.2. The fourth-order valence-electron chi connectivity index (χ4n) is 2.69. The molecule has 2 aromatic carbocycles. The summed E-state index contributed by atoms with van der Waals surface area (Å²) in [4.78, 5) is 20.9. The van der Waals surface area contributed by atoms with E-state index in [2.05, 4.69) is 33.6 Å². The highest BCUT2D eigenvalue weighted by atomic mass is 16.1. The van der Waals surface area contributed by atoms with Gasteiger partial charge < -0.3 is 10.6 Å². The summed E-state index contributed by atoms with van der Waals surface area (Å²) < 4.78 is 0. The molecule has 1 heterocycles. The average Bonchev–Trinajstić information content (AvgIpc) is 2.70. The molecule has 0 atom stereocenters. The van der Waals surface area contributed by atoms with E-state index in [-0.39, 0.29) is 5.91 Å². The summed E-state index contributed by atoms with van der Waals surface area (Å²) in [6.45, 7) is 4.02. The van der Waals surface area contributed by atoms with Gasteiger partial charge in [-0.15, -0.1) is 0 Å². The molecule has 3 aromatic rings. The van der Waals surface area contributed by atoms with Crippen LogP contribution < -0.4 is 10.6 Å². The Morgan fingerprint density at radius 3 is 2.59 bits per heavy atom. The second kappa shape index (κ2) is 8.11. The lowest BCUT2D eigenvalue weighted by Gasteiger charge is -2.13. The van der Waals surface area contributed by atoms with Crippen molar-refractivity contribution in [3.05, 3.63) is 77.1 Å². The Hall–Kier alpha value is -3.72. The Balaban J connectivity index is 1.73. The van der Waals surface area contributed by atoms with Crippen LogP contribution in [-0.2, 0) is 6.42 Å². The maximum absolute atomic E-state index is 12.5. The fraction of sp³-hybridized carbons (Fsp3) is 0.143. The van der Waals surface area contributed by atoms with E-state index < -0.39 is 0 Å². The molecular formula is C21H19N5O. The van der Waals surface area contributed by atoms with Crippen molar-refractivity contribution in [2.24, 2.45) is 0 Å². The number of carbonyl (C=O) groups is 1. The van der Waals surface area contributed by atoms with Crippen LogP contribution in [0.3, 0.4) is 0 Å². The van der Waals surface area contributed by atoms with Crippen molar-refractivity contribution in [3.63, 3.8) is 0 Å². The number of carbonyl (C=O) groups excluding carboxylic acids is 1. The Kier molecular flexibility index (Phi) is 5.43. The van der Waals surface area contributed by atoms with E-state index in [1.807, 2.05) is 31.2 Å². The molecule has 3 rings (SSSR count). The number of anilines is 3. The number of amides is 1. The smallest absolute Gasteiger partial charge is 0.258 e. The molecule has 0 fully saturated rings. The number of nitrogens with one attached hydrogen (secondary N) is 2. The highest BCUT2D eigenvalue weighted by molar-refractivity contribution is 6.04. The number of nitrogens with zero attached hydrogens (tertiary/aromatic N) is 3. The molecule has 1 amide bonds. The summed E-state index contributed by atoms with van der Waals surface area (Å²) in [6.07, 6.45) is 3.78. The Morgan fingerprint density at radius 2 is 1.89 bits per heavy atom. The third kappa shape index (κ3) is 4.28. The first-order valence-electron chi connectivity index (χ1n) is 8.59. The molecule has 6 nitrogen and oxygen atoms in total. The number of aryl methyl sites for hydroxylation is 2. The normalized spacial score (nSPS) is 10.1. The molecule has 0 spiro atoms. The van der Waals surface area contributed by atoms with Gasteiger partial charge in [0.05, 0.1) is 17.2 Å². The van der Waals surface area contributed by atoms with Crippen LogP contribution in [0, 0.1) is 18.3 Å². The van der Waals surface area contributed by atoms with Gasteiger partial charge in [0.2, 0.25) is 5.95 Å². The fourth-order valence-corrected chi connectivity index (χ4v) is 2.69. The van der Waals surface area contributed by atoms with Crippen LogP contribution in [-0.4, -0.2) is 15.9 Å². The van der Waals surface area contributed by atoms with E-state index in [1.165, 1.54) is 12.4 Å². The second-order valence-corrected chi connectivity index (χ2v) is 6.03. The van der Waals surface area contributed by atoms with Gasteiger partial charge in [0.15, 0.2) is 0 Å².